The molecule has 0 bridgehead atoms. The summed E-state index contributed by atoms with van der Waals surface area (Å²) < 4.78 is 11.1. The third kappa shape index (κ3) is 9.88. The maximum Gasteiger partial charge on any atom is 0.155 e. The molecule has 0 unspecified atom stereocenters. The molecule has 0 rings (SSSR count). The molecular weight excluding hydrogens is 192 g/mol. The highest BCUT2D eigenvalue weighted by molar-refractivity contribution is 5.76. The third-order valence-corrected chi connectivity index (χ3v) is 1.91. The molecule has 15 heavy (non-hydrogen) atoms. The number of carbonyl (C=O) groups is 1. The summed E-state index contributed by atoms with van der Waals surface area (Å²) in [6, 6.07) is 0. The van der Waals surface area contributed by atoms with E-state index in [1.807, 2.05) is 34.6 Å². The molecule has 3 nitrogen and oxygen atoms in total. The van der Waals surface area contributed by atoms with Crippen LogP contribution in [0.4, 0.5) is 0 Å². The number of rotatable bonds is 6. The SMILES string of the molecule is CC(=O)COC(C)(C)CCOC(C)(C)C. The Kier molecular flexibility index (Phi) is 5.46. The smallest absolute Gasteiger partial charge is 0.155 e. The van der Waals surface area contributed by atoms with Crippen LogP contribution in [0.25, 0.3) is 0 Å². The number of ketones is 1. The van der Waals surface area contributed by atoms with Gasteiger partial charge in [0.05, 0.1) is 11.2 Å². The number of Topliss-reactive ketones (excluding diaryl/α,β-unsaturated/α-hetero) is 1. The van der Waals surface area contributed by atoms with Crippen molar-refractivity contribution in [1.82, 2.24) is 0 Å². The minimum Gasteiger partial charge on any atom is -0.376 e. The van der Waals surface area contributed by atoms with E-state index in [1.165, 1.54) is 6.92 Å². The van der Waals surface area contributed by atoms with Crippen molar-refractivity contribution < 1.29 is 14.3 Å². The van der Waals surface area contributed by atoms with Gasteiger partial charge in [-0.2, -0.15) is 0 Å². The Morgan fingerprint density at radius 2 is 1.60 bits per heavy atom. The van der Waals surface area contributed by atoms with Gasteiger partial charge in [-0.25, -0.2) is 0 Å². The molecule has 0 aliphatic heterocycles. The average Bonchev–Trinajstić information content (AvgIpc) is 1.98. The largest absolute Gasteiger partial charge is 0.376 e. The number of ether oxygens (including phenoxy) is 2. The number of hydrogen-bond donors (Lipinski definition) is 0. The fourth-order valence-corrected chi connectivity index (χ4v) is 0.972. The molecule has 0 saturated heterocycles. The van der Waals surface area contributed by atoms with Crippen LogP contribution in [0.2, 0.25) is 0 Å². The maximum absolute atomic E-state index is 10.8. The summed E-state index contributed by atoms with van der Waals surface area (Å²) >= 11 is 0. The molecule has 0 heterocycles. The molecule has 0 aromatic carbocycles. The van der Waals surface area contributed by atoms with E-state index in [4.69, 9.17) is 9.47 Å². The molecule has 0 spiro atoms. The molecule has 0 atom stereocenters. The Bertz CT molecular complexity index is 201. The molecule has 3 heteroatoms. The first-order valence-corrected chi connectivity index (χ1v) is 5.40. The van der Waals surface area contributed by atoms with Crippen LogP contribution < -0.4 is 0 Å². The highest BCUT2D eigenvalue weighted by atomic mass is 16.5. The van der Waals surface area contributed by atoms with Gasteiger partial charge in [0, 0.05) is 6.61 Å². The van der Waals surface area contributed by atoms with E-state index in [0.29, 0.717) is 6.61 Å². The topological polar surface area (TPSA) is 35.5 Å². The Morgan fingerprint density at radius 3 is 2.00 bits per heavy atom. The summed E-state index contributed by atoms with van der Waals surface area (Å²) in [6.45, 7) is 12.4. The molecule has 0 aliphatic rings. The first-order chi connectivity index (χ1) is 6.62. The standard InChI is InChI=1S/C12H24O3/c1-10(13)9-15-12(5,6)7-8-14-11(2,3)4/h7-9H2,1-6H3. The van der Waals surface area contributed by atoms with Crippen LogP contribution in [0.1, 0.15) is 48.0 Å². The van der Waals surface area contributed by atoms with Crippen LogP contribution >= 0.6 is 0 Å². The third-order valence-electron chi connectivity index (χ3n) is 1.91. The normalized spacial score (nSPS) is 12.9. The fraction of sp³-hybridized carbons (Fsp3) is 0.917. The zero-order valence-corrected chi connectivity index (χ0v) is 10.8. The van der Waals surface area contributed by atoms with Crippen LogP contribution in [0.5, 0.6) is 0 Å². The van der Waals surface area contributed by atoms with E-state index >= 15 is 0 Å². The van der Waals surface area contributed by atoms with Crippen molar-refractivity contribution in [1.29, 1.82) is 0 Å². The molecule has 0 N–H and O–H groups in total. The molecule has 90 valence electrons. The molecule has 0 aliphatic carbocycles. The van der Waals surface area contributed by atoms with Gasteiger partial charge in [0.25, 0.3) is 0 Å². The van der Waals surface area contributed by atoms with Gasteiger partial charge in [-0.15, -0.1) is 0 Å². The lowest BCUT2D eigenvalue weighted by Crippen LogP contribution is -2.30. The second-order valence-electron chi connectivity index (χ2n) is 5.46. The van der Waals surface area contributed by atoms with Gasteiger partial charge in [-0.1, -0.05) is 0 Å². The second-order valence-corrected chi connectivity index (χ2v) is 5.46. The Labute approximate surface area is 93.1 Å². The van der Waals surface area contributed by atoms with E-state index in [1.54, 1.807) is 0 Å². The van der Waals surface area contributed by atoms with E-state index < -0.39 is 0 Å². The zero-order chi connectivity index (χ0) is 12.1. The zero-order valence-electron chi connectivity index (χ0n) is 10.8. The van der Waals surface area contributed by atoms with Gasteiger partial charge >= 0.3 is 0 Å². The minimum absolute atomic E-state index is 0.0554. The summed E-state index contributed by atoms with van der Waals surface area (Å²) in [4.78, 5) is 10.8. The molecular formula is C12H24O3. The van der Waals surface area contributed by atoms with E-state index in [0.717, 1.165) is 6.42 Å². The van der Waals surface area contributed by atoms with Crippen LogP contribution in [-0.2, 0) is 14.3 Å². The predicted octanol–water partition coefficient (Wildman–Crippen LogP) is 2.58. The monoisotopic (exact) mass is 216 g/mol. The highest BCUT2D eigenvalue weighted by Gasteiger charge is 2.20. The quantitative estimate of drug-likeness (QED) is 0.684. The van der Waals surface area contributed by atoms with Crippen molar-refractivity contribution in [3.05, 3.63) is 0 Å². The van der Waals surface area contributed by atoms with Crippen molar-refractivity contribution in [2.45, 2.75) is 59.2 Å². The first kappa shape index (κ1) is 14.6. The Morgan fingerprint density at radius 1 is 1.07 bits per heavy atom. The van der Waals surface area contributed by atoms with Gasteiger partial charge < -0.3 is 9.47 Å². The van der Waals surface area contributed by atoms with Crippen molar-refractivity contribution in [2.24, 2.45) is 0 Å². The van der Waals surface area contributed by atoms with E-state index in [9.17, 15) is 4.79 Å². The van der Waals surface area contributed by atoms with Crippen LogP contribution in [0.15, 0.2) is 0 Å². The lowest BCUT2D eigenvalue weighted by atomic mass is 10.1. The predicted molar refractivity (Wildman–Crippen MR) is 61.0 cm³/mol. The van der Waals surface area contributed by atoms with Crippen LogP contribution in [0, 0.1) is 0 Å². The summed E-state index contributed by atoms with van der Waals surface area (Å²) in [5.74, 6) is 0.0554. The van der Waals surface area contributed by atoms with Crippen LogP contribution in [-0.4, -0.2) is 30.2 Å². The van der Waals surface area contributed by atoms with Crippen molar-refractivity contribution in [3.63, 3.8) is 0 Å². The Balaban J connectivity index is 3.78. The summed E-state index contributed by atoms with van der Waals surface area (Å²) in [5, 5.41) is 0. The molecule has 0 aromatic heterocycles. The summed E-state index contributed by atoms with van der Waals surface area (Å²) in [6.07, 6.45) is 0.789. The number of hydrogen-bond acceptors (Lipinski definition) is 3. The molecule has 0 aromatic rings. The van der Waals surface area contributed by atoms with Gasteiger partial charge in [-0.3, -0.25) is 4.79 Å². The van der Waals surface area contributed by atoms with Crippen LogP contribution in [0.3, 0.4) is 0 Å². The van der Waals surface area contributed by atoms with Gasteiger partial charge in [0.15, 0.2) is 5.78 Å². The molecule has 0 fully saturated rings. The van der Waals surface area contributed by atoms with Gasteiger partial charge in [0.1, 0.15) is 6.61 Å². The molecule has 0 radical (unpaired) electrons. The van der Waals surface area contributed by atoms with Crippen molar-refractivity contribution >= 4 is 5.78 Å². The number of carbonyl (C=O) groups excluding carboxylic acids is 1. The van der Waals surface area contributed by atoms with Crippen molar-refractivity contribution in [2.75, 3.05) is 13.2 Å². The second kappa shape index (κ2) is 5.61. The maximum atomic E-state index is 10.8. The van der Waals surface area contributed by atoms with Crippen molar-refractivity contribution in [3.8, 4) is 0 Å². The molecule has 0 saturated carbocycles. The minimum atomic E-state index is -0.295. The highest BCUT2D eigenvalue weighted by Crippen LogP contribution is 2.16. The lowest BCUT2D eigenvalue weighted by molar-refractivity contribution is -0.129. The van der Waals surface area contributed by atoms with Gasteiger partial charge in [0.2, 0.25) is 0 Å². The average molecular weight is 216 g/mol. The fourth-order valence-electron chi connectivity index (χ4n) is 0.972. The Hall–Kier alpha value is -0.410. The summed E-state index contributed by atoms with van der Waals surface area (Å²) in [5.41, 5.74) is -0.409. The summed E-state index contributed by atoms with van der Waals surface area (Å²) in [7, 11) is 0. The first-order valence-electron chi connectivity index (χ1n) is 5.40. The lowest BCUT2D eigenvalue weighted by Gasteiger charge is -2.27. The van der Waals surface area contributed by atoms with E-state index in [2.05, 4.69) is 0 Å². The van der Waals surface area contributed by atoms with Gasteiger partial charge in [-0.05, 0) is 48.0 Å². The van der Waals surface area contributed by atoms with E-state index in [-0.39, 0.29) is 23.6 Å². The molecule has 0 amide bonds.